The molecule has 4 bridgehead atoms. The normalized spacial score (nSPS) is 22.8. The Morgan fingerprint density at radius 3 is 2.09 bits per heavy atom. The molecule has 2 aromatic carbocycles. The van der Waals surface area contributed by atoms with Crippen molar-refractivity contribution in [1.29, 1.82) is 0 Å². The number of benzene rings is 2. The standard InChI is InChI=1S/C41H62N2/c1-8-36-29-39(28-33(6)40(36)9-2)32(5)26-35-17-11-12-18-37-30-38(27-34(7)41(37)10-3)31(4)16-13-14-20-42-21-15-22-43(23-19-35)25-24-42/h27-30,35H,4-5,8-26H2,1-3,6-7H3. The van der Waals surface area contributed by atoms with Crippen molar-refractivity contribution in [1.82, 2.24) is 9.80 Å². The second-order valence-corrected chi connectivity index (χ2v) is 13.7. The Balaban J connectivity index is 1.52. The van der Waals surface area contributed by atoms with Crippen LogP contribution < -0.4 is 0 Å². The third kappa shape index (κ3) is 9.41. The molecule has 0 saturated carbocycles. The van der Waals surface area contributed by atoms with Gasteiger partial charge in [0.2, 0.25) is 0 Å². The van der Waals surface area contributed by atoms with Crippen LogP contribution in [0.2, 0.25) is 0 Å². The molecule has 0 radical (unpaired) electrons. The fourth-order valence-electron chi connectivity index (χ4n) is 7.96. The minimum atomic E-state index is 0.698. The van der Waals surface area contributed by atoms with E-state index in [1.54, 1.807) is 11.1 Å². The summed E-state index contributed by atoms with van der Waals surface area (Å²) in [5, 5.41) is 0. The van der Waals surface area contributed by atoms with E-state index in [0.29, 0.717) is 5.92 Å². The van der Waals surface area contributed by atoms with Gasteiger partial charge in [-0.15, -0.1) is 0 Å². The van der Waals surface area contributed by atoms with E-state index < -0.39 is 0 Å². The van der Waals surface area contributed by atoms with Crippen LogP contribution >= 0.6 is 0 Å². The van der Waals surface area contributed by atoms with Crippen LogP contribution in [-0.2, 0) is 25.7 Å². The van der Waals surface area contributed by atoms with E-state index in [2.05, 4.69) is 81.8 Å². The van der Waals surface area contributed by atoms with Crippen LogP contribution in [0.5, 0.6) is 0 Å². The Labute approximate surface area is 265 Å². The molecule has 236 valence electrons. The van der Waals surface area contributed by atoms with E-state index in [1.807, 2.05) is 0 Å². The number of allylic oxidation sites excluding steroid dienone is 2. The maximum absolute atomic E-state index is 4.69. The van der Waals surface area contributed by atoms with Gasteiger partial charge in [-0.1, -0.05) is 71.0 Å². The quantitative estimate of drug-likeness (QED) is 0.334. The third-order valence-electron chi connectivity index (χ3n) is 10.6. The molecular formula is C41H62N2. The number of hydrogen-bond acceptors (Lipinski definition) is 2. The zero-order valence-electron chi connectivity index (χ0n) is 28.6. The number of hydrogen-bond donors (Lipinski definition) is 0. The van der Waals surface area contributed by atoms with E-state index in [9.17, 15) is 0 Å². The second-order valence-electron chi connectivity index (χ2n) is 13.7. The highest BCUT2D eigenvalue weighted by atomic mass is 15.2. The van der Waals surface area contributed by atoms with Gasteiger partial charge in [-0.3, -0.25) is 0 Å². The first kappa shape index (κ1) is 33.7. The maximum Gasteiger partial charge on any atom is 0.0109 e. The minimum Gasteiger partial charge on any atom is -0.302 e. The van der Waals surface area contributed by atoms with Crippen LogP contribution in [0.25, 0.3) is 11.1 Å². The molecule has 2 heteroatoms. The molecule has 2 aliphatic rings. The van der Waals surface area contributed by atoms with Gasteiger partial charge in [-0.2, -0.15) is 0 Å². The molecule has 0 N–H and O–H groups in total. The Morgan fingerprint density at radius 2 is 1.37 bits per heavy atom. The van der Waals surface area contributed by atoms with Gasteiger partial charge in [-0.05, 0) is 172 Å². The largest absolute Gasteiger partial charge is 0.302 e. The molecule has 1 fully saturated rings. The van der Waals surface area contributed by atoms with E-state index in [0.717, 1.165) is 32.1 Å². The monoisotopic (exact) mass is 582 g/mol. The lowest BCUT2D eigenvalue weighted by molar-refractivity contribution is 0.239. The van der Waals surface area contributed by atoms with Crippen LogP contribution in [-0.4, -0.2) is 49.1 Å². The number of nitrogens with zero attached hydrogens (tertiary/aromatic N) is 2. The molecule has 2 heterocycles. The summed E-state index contributed by atoms with van der Waals surface area (Å²) in [6, 6.07) is 9.79. The first-order valence-corrected chi connectivity index (χ1v) is 17.9. The summed E-state index contributed by atoms with van der Waals surface area (Å²) in [6.45, 7) is 28.2. The summed E-state index contributed by atoms with van der Waals surface area (Å²) < 4.78 is 0. The Bertz CT molecular complexity index is 1220. The number of aryl methyl sites for hydroxylation is 4. The fraction of sp³-hybridized carbons (Fsp3) is 0.610. The van der Waals surface area contributed by atoms with Crippen molar-refractivity contribution >= 4 is 11.1 Å². The summed E-state index contributed by atoms with van der Waals surface area (Å²) in [6.07, 6.45) is 15.8. The lowest BCUT2D eigenvalue weighted by Crippen LogP contribution is -2.32. The highest BCUT2D eigenvalue weighted by Gasteiger charge is 2.19. The van der Waals surface area contributed by atoms with Crippen LogP contribution in [0.3, 0.4) is 0 Å². The minimum absolute atomic E-state index is 0.698. The zero-order chi connectivity index (χ0) is 30.8. The van der Waals surface area contributed by atoms with Crippen LogP contribution in [0.4, 0.5) is 0 Å². The van der Waals surface area contributed by atoms with E-state index >= 15 is 0 Å². The summed E-state index contributed by atoms with van der Waals surface area (Å²) >= 11 is 0. The van der Waals surface area contributed by atoms with Gasteiger partial charge < -0.3 is 9.80 Å². The highest BCUT2D eigenvalue weighted by molar-refractivity contribution is 5.66. The Kier molecular flexibility index (Phi) is 13.2. The van der Waals surface area contributed by atoms with Crippen molar-refractivity contribution in [3.8, 4) is 0 Å². The number of rotatable bonds is 6. The van der Waals surface area contributed by atoms with Crippen molar-refractivity contribution in [3.05, 3.63) is 81.9 Å². The molecular weight excluding hydrogens is 520 g/mol. The smallest absolute Gasteiger partial charge is 0.0109 e. The molecule has 1 saturated heterocycles. The first-order chi connectivity index (χ1) is 20.8. The lowest BCUT2D eigenvalue weighted by Gasteiger charge is -2.25. The van der Waals surface area contributed by atoms with Gasteiger partial charge in [0.15, 0.2) is 0 Å². The van der Waals surface area contributed by atoms with Crippen LogP contribution in [0, 0.1) is 19.8 Å². The maximum atomic E-state index is 4.69. The summed E-state index contributed by atoms with van der Waals surface area (Å²) in [7, 11) is 0. The molecule has 0 spiro atoms. The molecule has 0 aliphatic carbocycles. The van der Waals surface area contributed by atoms with Crippen molar-refractivity contribution in [2.75, 3.05) is 39.3 Å². The molecule has 2 aliphatic heterocycles. The lowest BCUT2D eigenvalue weighted by atomic mass is 9.85. The number of fused-ring (bicyclic) bond motifs is 5. The van der Waals surface area contributed by atoms with Gasteiger partial charge in [0.25, 0.3) is 0 Å². The van der Waals surface area contributed by atoms with Gasteiger partial charge >= 0.3 is 0 Å². The van der Waals surface area contributed by atoms with Crippen LogP contribution in [0.15, 0.2) is 37.4 Å². The molecule has 3 unspecified atom stereocenters. The van der Waals surface area contributed by atoms with E-state index in [1.165, 1.54) is 135 Å². The Hall–Kier alpha value is -2.16. The summed E-state index contributed by atoms with van der Waals surface area (Å²) in [4.78, 5) is 5.49. The van der Waals surface area contributed by atoms with Crippen molar-refractivity contribution in [2.24, 2.45) is 5.92 Å². The van der Waals surface area contributed by atoms with Gasteiger partial charge in [-0.25, -0.2) is 0 Å². The van der Waals surface area contributed by atoms with E-state index in [4.69, 9.17) is 0 Å². The average molecular weight is 583 g/mol. The first-order valence-electron chi connectivity index (χ1n) is 17.9. The third-order valence-corrected chi connectivity index (χ3v) is 10.6. The SMILES string of the molecule is C=C1CCCCN2CCCN(CCC(CC(=C)c3cc(C)c(CC)c(CC)c3)CCCCc3cc1cc(C)c3CC)CC2. The van der Waals surface area contributed by atoms with Crippen molar-refractivity contribution in [2.45, 2.75) is 118 Å². The van der Waals surface area contributed by atoms with E-state index in [-0.39, 0.29) is 0 Å². The predicted octanol–water partition coefficient (Wildman–Crippen LogP) is 10.0. The zero-order valence-corrected chi connectivity index (χ0v) is 28.6. The summed E-state index contributed by atoms with van der Waals surface area (Å²) in [5.41, 5.74) is 14.5. The molecule has 2 aromatic rings. The fourth-order valence-corrected chi connectivity index (χ4v) is 7.96. The predicted molar refractivity (Wildman–Crippen MR) is 190 cm³/mol. The molecule has 4 rings (SSSR count). The highest BCUT2D eigenvalue weighted by Crippen LogP contribution is 2.31. The average Bonchev–Trinajstić information content (AvgIpc) is 3.23. The van der Waals surface area contributed by atoms with Crippen molar-refractivity contribution in [3.63, 3.8) is 0 Å². The molecule has 0 aromatic heterocycles. The molecule has 0 amide bonds. The van der Waals surface area contributed by atoms with Gasteiger partial charge in [0.1, 0.15) is 0 Å². The summed E-state index contributed by atoms with van der Waals surface area (Å²) in [5.74, 6) is 0.698. The Morgan fingerprint density at radius 1 is 0.698 bits per heavy atom. The molecule has 2 nitrogen and oxygen atoms in total. The second kappa shape index (κ2) is 16.8. The van der Waals surface area contributed by atoms with Crippen LogP contribution in [0.1, 0.15) is 123 Å². The van der Waals surface area contributed by atoms with Gasteiger partial charge in [0, 0.05) is 13.1 Å². The van der Waals surface area contributed by atoms with Crippen molar-refractivity contribution < 1.29 is 0 Å². The molecule has 3 atom stereocenters. The van der Waals surface area contributed by atoms with Gasteiger partial charge in [0.05, 0.1) is 0 Å². The topological polar surface area (TPSA) is 6.48 Å². The molecule has 43 heavy (non-hydrogen) atoms.